The Hall–Kier alpha value is -1.68. The molecule has 2 aromatic carbocycles. The van der Waals surface area contributed by atoms with Crippen LogP contribution < -0.4 is 14.2 Å². The Morgan fingerprint density at radius 1 is 0.895 bits per heavy atom. The molecule has 0 aliphatic rings. The van der Waals surface area contributed by atoms with Gasteiger partial charge in [0.15, 0.2) is 0 Å². The number of benzene rings is 2. The molecule has 2 aromatic rings. The van der Waals surface area contributed by atoms with Gasteiger partial charge in [-0.15, -0.1) is 0 Å². The number of methoxy groups -OCH3 is 2. The van der Waals surface area contributed by atoms with Crippen LogP contribution in [-0.2, 0) is 6.61 Å². The molecule has 0 bridgehead atoms. The maximum Gasteiger partial charge on any atom is 0.123 e. The molecule has 0 saturated carbocycles. The fraction of sp³-hybridized carbons (Fsp3) is 0.200. The van der Waals surface area contributed by atoms with E-state index in [0.29, 0.717) is 6.61 Å². The lowest BCUT2D eigenvalue weighted by Crippen LogP contribution is -1.97. The predicted octanol–water partition coefficient (Wildman–Crippen LogP) is 4.05. The van der Waals surface area contributed by atoms with Gasteiger partial charge in [0, 0.05) is 16.1 Å². The molecule has 0 atom stereocenters. The van der Waals surface area contributed by atoms with Gasteiger partial charge in [-0.05, 0) is 30.3 Å². The van der Waals surface area contributed by atoms with Crippen molar-refractivity contribution < 1.29 is 14.2 Å². The van der Waals surface area contributed by atoms with Crippen molar-refractivity contribution in [1.82, 2.24) is 0 Å². The van der Waals surface area contributed by atoms with Gasteiger partial charge in [0.25, 0.3) is 0 Å². The third-order valence-corrected chi connectivity index (χ3v) is 3.46. The van der Waals surface area contributed by atoms with Gasteiger partial charge < -0.3 is 14.2 Å². The SMILES string of the molecule is COc1cccc(OCc2cc(OC)ccc2Br)c1. The number of rotatable bonds is 5. The molecule has 0 aliphatic heterocycles. The van der Waals surface area contributed by atoms with Crippen molar-refractivity contribution in [2.75, 3.05) is 14.2 Å². The fourth-order valence-corrected chi connectivity index (χ4v) is 2.00. The highest BCUT2D eigenvalue weighted by atomic mass is 79.9. The second-order valence-electron chi connectivity index (χ2n) is 3.92. The van der Waals surface area contributed by atoms with E-state index in [1.54, 1.807) is 14.2 Å². The first kappa shape index (κ1) is 13.7. The lowest BCUT2D eigenvalue weighted by Gasteiger charge is -2.10. The molecule has 0 aliphatic carbocycles. The average molecular weight is 323 g/mol. The Balaban J connectivity index is 2.09. The first-order chi connectivity index (χ1) is 9.22. The van der Waals surface area contributed by atoms with Crippen molar-refractivity contribution in [2.45, 2.75) is 6.61 Å². The van der Waals surface area contributed by atoms with Gasteiger partial charge in [0.2, 0.25) is 0 Å². The number of hydrogen-bond donors (Lipinski definition) is 0. The highest BCUT2D eigenvalue weighted by Crippen LogP contribution is 2.25. The molecule has 0 radical (unpaired) electrons. The minimum atomic E-state index is 0.463. The molecule has 0 unspecified atom stereocenters. The average Bonchev–Trinajstić information content (AvgIpc) is 2.46. The lowest BCUT2D eigenvalue weighted by atomic mass is 10.2. The standard InChI is InChI=1S/C15H15BrO3/c1-17-12-4-3-5-14(9-12)19-10-11-8-13(18-2)6-7-15(11)16/h3-9H,10H2,1-2H3. The van der Waals surface area contributed by atoms with E-state index in [1.807, 2.05) is 42.5 Å². The molecule has 0 spiro atoms. The zero-order valence-corrected chi connectivity index (χ0v) is 12.4. The van der Waals surface area contributed by atoms with Crippen LogP contribution in [0.1, 0.15) is 5.56 Å². The van der Waals surface area contributed by atoms with E-state index in [0.717, 1.165) is 27.3 Å². The van der Waals surface area contributed by atoms with E-state index in [-0.39, 0.29) is 0 Å². The van der Waals surface area contributed by atoms with Gasteiger partial charge in [-0.1, -0.05) is 22.0 Å². The molecule has 19 heavy (non-hydrogen) atoms. The van der Waals surface area contributed by atoms with E-state index >= 15 is 0 Å². The predicted molar refractivity (Wildman–Crippen MR) is 78.0 cm³/mol. The summed E-state index contributed by atoms with van der Waals surface area (Å²) in [6.45, 7) is 0.463. The molecular weight excluding hydrogens is 308 g/mol. The quantitative estimate of drug-likeness (QED) is 0.831. The van der Waals surface area contributed by atoms with Crippen LogP contribution in [0, 0.1) is 0 Å². The van der Waals surface area contributed by atoms with E-state index in [4.69, 9.17) is 14.2 Å². The van der Waals surface area contributed by atoms with Crippen molar-refractivity contribution in [2.24, 2.45) is 0 Å². The highest BCUT2D eigenvalue weighted by Gasteiger charge is 2.04. The number of halogens is 1. The van der Waals surface area contributed by atoms with Crippen molar-refractivity contribution in [1.29, 1.82) is 0 Å². The minimum absolute atomic E-state index is 0.463. The summed E-state index contributed by atoms with van der Waals surface area (Å²) in [7, 11) is 3.29. The number of ether oxygens (including phenoxy) is 3. The van der Waals surface area contributed by atoms with Crippen LogP contribution in [0.25, 0.3) is 0 Å². The molecule has 0 N–H and O–H groups in total. The molecule has 3 nitrogen and oxygen atoms in total. The Bertz CT molecular complexity index is 555. The summed E-state index contributed by atoms with van der Waals surface area (Å²) < 4.78 is 17.1. The second kappa shape index (κ2) is 6.48. The van der Waals surface area contributed by atoms with Gasteiger partial charge in [0.1, 0.15) is 23.9 Å². The highest BCUT2D eigenvalue weighted by molar-refractivity contribution is 9.10. The first-order valence-corrected chi connectivity index (χ1v) is 6.61. The number of hydrogen-bond acceptors (Lipinski definition) is 3. The molecule has 0 heterocycles. The Morgan fingerprint density at radius 2 is 1.58 bits per heavy atom. The Labute approximate surface area is 121 Å². The summed E-state index contributed by atoms with van der Waals surface area (Å²) in [6.07, 6.45) is 0. The summed E-state index contributed by atoms with van der Waals surface area (Å²) in [5.74, 6) is 2.36. The van der Waals surface area contributed by atoms with Crippen molar-refractivity contribution >= 4 is 15.9 Å². The van der Waals surface area contributed by atoms with Gasteiger partial charge in [-0.3, -0.25) is 0 Å². The fourth-order valence-electron chi connectivity index (χ4n) is 1.64. The monoisotopic (exact) mass is 322 g/mol. The van der Waals surface area contributed by atoms with Crippen LogP contribution in [0.2, 0.25) is 0 Å². The van der Waals surface area contributed by atoms with Crippen LogP contribution >= 0.6 is 15.9 Å². The lowest BCUT2D eigenvalue weighted by molar-refractivity contribution is 0.302. The maximum absolute atomic E-state index is 5.75. The van der Waals surface area contributed by atoms with Crippen LogP contribution in [-0.4, -0.2) is 14.2 Å². The van der Waals surface area contributed by atoms with Crippen molar-refractivity contribution in [3.63, 3.8) is 0 Å². The molecule has 0 amide bonds. The molecular formula is C15H15BrO3. The largest absolute Gasteiger partial charge is 0.497 e. The summed E-state index contributed by atoms with van der Waals surface area (Å²) in [5, 5.41) is 0. The summed E-state index contributed by atoms with van der Waals surface area (Å²) in [4.78, 5) is 0. The smallest absolute Gasteiger partial charge is 0.123 e. The zero-order chi connectivity index (χ0) is 13.7. The van der Waals surface area contributed by atoms with Crippen LogP contribution in [0.5, 0.6) is 17.2 Å². The summed E-state index contributed by atoms with van der Waals surface area (Å²) in [6, 6.07) is 13.3. The maximum atomic E-state index is 5.75. The molecule has 2 rings (SSSR count). The van der Waals surface area contributed by atoms with Gasteiger partial charge >= 0.3 is 0 Å². The third-order valence-electron chi connectivity index (χ3n) is 2.69. The van der Waals surface area contributed by atoms with Gasteiger partial charge in [-0.2, -0.15) is 0 Å². The van der Waals surface area contributed by atoms with E-state index in [2.05, 4.69) is 15.9 Å². The van der Waals surface area contributed by atoms with Crippen molar-refractivity contribution in [3.05, 3.63) is 52.5 Å². The normalized spacial score (nSPS) is 10.1. The van der Waals surface area contributed by atoms with E-state index in [9.17, 15) is 0 Å². The van der Waals surface area contributed by atoms with Crippen molar-refractivity contribution in [3.8, 4) is 17.2 Å². The zero-order valence-electron chi connectivity index (χ0n) is 10.9. The summed E-state index contributed by atoms with van der Waals surface area (Å²) in [5.41, 5.74) is 1.03. The Kier molecular flexibility index (Phi) is 4.68. The second-order valence-corrected chi connectivity index (χ2v) is 4.78. The van der Waals surface area contributed by atoms with Gasteiger partial charge in [-0.25, -0.2) is 0 Å². The third kappa shape index (κ3) is 3.64. The summed E-state index contributed by atoms with van der Waals surface area (Å²) >= 11 is 3.50. The minimum Gasteiger partial charge on any atom is -0.497 e. The molecule has 0 fully saturated rings. The van der Waals surface area contributed by atoms with Crippen LogP contribution in [0.3, 0.4) is 0 Å². The molecule has 4 heteroatoms. The van der Waals surface area contributed by atoms with Crippen LogP contribution in [0.15, 0.2) is 46.9 Å². The van der Waals surface area contributed by atoms with E-state index in [1.165, 1.54) is 0 Å². The van der Waals surface area contributed by atoms with Crippen LogP contribution in [0.4, 0.5) is 0 Å². The molecule has 100 valence electrons. The molecule has 0 aromatic heterocycles. The topological polar surface area (TPSA) is 27.7 Å². The molecule has 0 saturated heterocycles. The van der Waals surface area contributed by atoms with E-state index < -0.39 is 0 Å². The first-order valence-electron chi connectivity index (χ1n) is 5.82. The van der Waals surface area contributed by atoms with Gasteiger partial charge in [0.05, 0.1) is 14.2 Å². The Morgan fingerprint density at radius 3 is 2.32 bits per heavy atom.